The van der Waals surface area contributed by atoms with Crippen LogP contribution >= 0.6 is 11.3 Å². The molecule has 1 aromatic rings. The number of thiazole rings is 1. The lowest BCUT2D eigenvalue weighted by Gasteiger charge is -2.26. The fourth-order valence-corrected chi connectivity index (χ4v) is 5.10. The molecule has 0 amide bonds. The molecule has 2 aliphatic rings. The molecular weight excluding hydrogens is 300 g/mol. The molecule has 2 heterocycles. The minimum Gasteiger partial charge on any atom is -0.481 e. The third-order valence-corrected chi connectivity index (χ3v) is 6.66. The van der Waals surface area contributed by atoms with Gasteiger partial charge in [-0.15, -0.1) is 11.3 Å². The molecule has 1 unspecified atom stereocenters. The molecule has 0 radical (unpaired) electrons. The van der Waals surface area contributed by atoms with Gasteiger partial charge >= 0.3 is 5.97 Å². The normalized spacial score (nSPS) is 25.2. The summed E-state index contributed by atoms with van der Waals surface area (Å²) in [5.41, 5.74) is 0.692. The third kappa shape index (κ3) is 2.54. The van der Waals surface area contributed by atoms with E-state index in [1.807, 2.05) is 4.90 Å². The molecule has 1 fully saturated rings. The van der Waals surface area contributed by atoms with Crippen LogP contribution in [0.5, 0.6) is 0 Å². The Morgan fingerprint density at radius 2 is 2.05 bits per heavy atom. The number of aryl methyl sites for hydroxylation is 1. The number of aliphatic carboxylic acids is 1. The van der Waals surface area contributed by atoms with E-state index in [1.165, 1.54) is 11.3 Å². The van der Waals surface area contributed by atoms with Crippen molar-refractivity contribution in [3.63, 3.8) is 0 Å². The summed E-state index contributed by atoms with van der Waals surface area (Å²) in [6, 6.07) is 0. The molecule has 0 aromatic carbocycles. The van der Waals surface area contributed by atoms with Crippen LogP contribution in [0.15, 0.2) is 0 Å². The summed E-state index contributed by atoms with van der Waals surface area (Å²) in [5.74, 6) is -1.01. The zero-order chi connectivity index (χ0) is 14.3. The van der Waals surface area contributed by atoms with E-state index in [1.54, 1.807) is 0 Å². The summed E-state index contributed by atoms with van der Waals surface area (Å²) in [7, 11) is -2.91. The largest absolute Gasteiger partial charge is 0.481 e. The van der Waals surface area contributed by atoms with Gasteiger partial charge in [-0.05, 0) is 19.3 Å². The van der Waals surface area contributed by atoms with Crippen molar-refractivity contribution in [1.82, 2.24) is 4.98 Å². The van der Waals surface area contributed by atoms with Crippen LogP contribution in [0.1, 0.15) is 29.3 Å². The number of carboxylic acids is 1. The highest BCUT2D eigenvalue weighted by Crippen LogP contribution is 2.38. The Kier molecular flexibility index (Phi) is 3.45. The van der Waals surface area contributed by atoms with Crippen LogP contribution in [0, 0.1) is 0 Å². The first-order chi connectivity index (χ1) is 9.46. The number of fused-ring (bicyclic) bond motifs is 1. The van der Waals surface area contributed by atoms with Crippen LogP contribution in [0.25, 0.3) is 0 Å². The second kappa shape index (κ2) is 5.00. The van der Waals surface area contributed by atoms with Crippen molar-refractivity contribution in [2.45, 2.75) is 25.2 Å². The number of anilines is 1. The van der Waals surface area contributed by atoms with Gasteiger partial charge in [0.05, 0.1) is 17.2 Å². The topological polar surface area (TPSA) is 87.6 Å². The lowest BCUT2D eigenvalue weighted by Crippen LogP contribution is -2.40. The number of carboxylic acid groups (broad SMARTS) is 1. The molecular formula is C12H16N2O4S2. The van der Waals surface area contributed by atoms with Crippen molar-refractivity contribution >= 4 is 32.3 Å². The molecule has 1 atom stereocenters. The second-order valence-electron chi connectivity index (χ2n) is 5.23. The Labute approximate surface area is 121 Å². The van der Waals surface area contributed by atoms with Crippen LogP contribution in [-0.4, -0.2) is 49.1 Å². The summed E-state index contributed by atoms with van der Waals surface area (Å²) in [6.45, 7) is 0.902. The molecule has 1 saturated heterocycles. The Balaban J connectivity index is 1.85. The maximum Gasteiger partial charge on any atom is 0.312 e. The number of hydrogen-bond acceptors (Lipinski definition) is 6. The highest BCUT2D eigenvalue weighted by Gasteiger charge is 2.32. The average molecular weight is 316 g/mol. The molecule has 110 valence electrons. The lowest BCUT2D eigenvalue weighted by molar-refractivity contribution is -0.139. The van der Waals surface area contributed by atoms with Crippen molar-refractivity contribution in [2.24, 2.45) is 0 Å². The molecule has 1 aliphatic heterocycles. The number of rotatable bonds is 2. The average Bonchev–Trinajstić information content (AvgIpc) is 2.81. The number of hydrogen-bond donors (Lipinski definition) is 1. The monoisotopic (exact) mass is 316 g/mol. The highest BCUT2D eigenvalue weighted by atomic mass is 32.2. The SMILES string of the molecule is O=C(O)C1CCCc2sc(N3CCS(=O)(=O)CC3)nc21. The smallest absolute Gasteiger partial charge is 0.312 e. The van der Waals surface area contributed by atoms with E-state index in [-0.39, 0.29) is 11.5 Å². The van der Waals surface area contributed by atoms with Gasteiger partial charge in [0.1, 0.15) is 5.92 Å². The van der Waals surface area contributed by atoms with Gasteiger partial charge in [-0.2, -0.15) is 0 Å². The molecule has 1 aromatic heterocycles. The number of nitrogens with zero attached hydrogens (tertiary/aromatic N) is 2. The first-order valence-electron chi connectivity index (χ1n) is 6.64. The van der Waals surface area contributed by atoms with Gasteiger partial charge < -0.3 is 10.0 Å². The zero-order valence-corrected chi connectivity index (χ0v) is 12.5. The zero-order valence-electron chi connectivity index (χ0n) is 10.9. The first-order valence-corrected chi connectivity index (χ1v) is 9.28. The van der Waals surface area contributed by atoms with Gasteiger partial charge in [0.2, 0.25) is 0 Å². The van der Waals surface area contributed by atoms with Crippen LogP contribution in [0.3, 0.4) is 0 Å². The standard InChI is InChI=1S/C12H16N2O4S2/c15-11(16)8-2-1-3-9-10(8)13-12(19-9)14-4-6-20(17,18)7-5-14/h8H,1-7H2,(H,15,16). The Morgan fingerprint density at radius 1 is 1.35 bits per heavy atom. The maximum atomic E-state index is 11.4. The fraction of sp³-hybridized carbons (Fsp3) is 0.667. The van der Waals surface area contributed by atoms with Crippen molar-refractivity contribution in [2.75, 3.05) is 29.5 Å². The van der Waals surface area contributed by atoms with Gasteiger partial charge in [-0.1, -0.05) is 0 Å². The number of aromatic nitrogens is 1. The molecule has 0 spiro atoms. The van der Waals surface area contributed by atoms with Gasteiger partial charge in [0.15, 0.2) is 15.0 Å². The Morgan fingerprint density at radius 3 is 2.70 bits per heavy atom. The first kappa shape index (κ1) is 13.8. The molecule has 3 rings (SSSR count). The number of carbonyl (C=O) groups is 1. The van der Waals surface area contributed by atoms with E-state index in [2.05, 4.69) is 4.98 Å². The van der Waals surface area contributed by atoms with E-state index in [0.717, 1.165) is 22.9 Å². The van der Waals surface area contributed by atoms with Gasteiger partial charge in [-0.25, -0.2) is 13.4 Å². The van der Waals surface area contributed by atoms with E-state index < -0.39 is 21.7 Å². The minimum atomic E-state index is -2.91. The summed E-state index contributed by atoms with van der Waals surface area (Å²) >= 11 is 1.52. The van der Waals surface area contributed by atoms with Crippen molar-refractivity contribution in [1.29, 1.82) is 0 Å². The third-order valence-electron chi connectivity index (χ3n) is 3.86. The minimum absolute atomic E-state index is 0.152. The van der Waals surface area contributed by atoms with Crippen molar-refractivity contribution in [3.05, 3.63) is 10.6 Å². The van der Waals surface area contributed by atoms with Crippen LogP contribution in [0.4, 0.5) is 5.13 Å². The predicted molar refractivity (Wildman–Crippen MR) is 76.3 cm³/mol. The second-order valence-corrected chi connectivity index (χ2v) is 8.59. The number of sulfone groups is 1. The molecule has 1 N–H and O–H groups in total. The molecule has 8 heteroatoms. The highest BCUT2D eigenvalue weighted by molar-refractivity contribution is 7.91. The van der Waals surface area contributed by atoms with Gasteiger partial charge in [0.25, 0.3) is 0 Å². The van der Waals surface area contributed by atoms with E-state index in [9.17, 15) is 18.3 Å². The van der Waals surface area contributed by atoms with Gasteiger partial charge in [-0.3, -0.25) is 4.79 Å². The fourth-order valence-electron chi connectivity index (χ4n) is 2.68. The van der Waals surface area contributed by atoms with Crippen molar-refractivity contribution in [3.8, 4) is 0 Å². The molecule has 0 bridgehead atoms. The van der Waals surface area contributed by atoms with Crippen molar-refractivity contribution < 1.29 is 18.3 Å². The predicted octanol–water partition coefficient (Wildman–Crippen LogP) is 0.882. The van der Waals surface area contributed by atoms with Crippen LogP contribution in [0.2, 0.25) is 0 Å². The molecule has 6 nitrogen and oxygen atoms in total. The van der Waals surface area contributed by atoms with Gasteiger partial charge in [0, 0.05) is 18.0 Å². The molecule has 1 aliphatic carbocycles. The van der Waals surface area contributed by atoms with Crippen LogP contribution < -0.4 is 4.90 Å². The maximum absolute atomic E-state index is 11.4. The summed E-state index contributed by atoms with van der Waals surface area (Å²) in [6.07, 6.45) is 2.39. The lowest BCUT2D eigenvalue weighted by atomic mass is 9.91. The molecule has 20 heavy (non-hydrogen) atoms. The summed E-state index contributed by atoms with van der Waals surface area (Å²) < 4.78 is 22.9. The quantitative estimate of drug-likeness (QED) is 0.871. The summed E-state index contributed by atoms with van der Waals surface area (Å²) in [5, 5.41) is 10.0. The van der Waals surface area contributed by atoms with Crippen LogP contribution in [-0.2, 0) is 21.1 Å². The summed E-state index contributed by atoms with van der Waals surface area (Å²) in [4.78, 5) is 18.8. The van der Waals surface area contributed by atoms with E-state index in [4.69, 9.17) is 0 Å². The Bertz CT molecular complexity index is 624. The van der Waals surface area contributed by atoms with E-state index >= 15 is 0 Å². The van der Waals surface area contributed by atoms with E-state index in [0.29, 0.717) is 25.2 Å². The Hall–Kier alpha value is -1.15. The molecule has 0 saturated carbocycles.